The molecule has 0 bridgehead atoms. The fourth-order valence-corrected chi connectivity index (χ4v) is 5.17. The second-order valence-electron chi connectivity index (χ2n) is 7.83. The lowest BCUT2D eigenvalue weighted by atomic mass is 10.1. The van der Waals surface area contributed by atoms with E-state index < -0.39 is 16.1 Å². The van der Waals surface area contributed by atoms with Gasteiger partial charge in [0, 0.05) is 13.6 Å². The molecular weight excluding hydrogens is 476 g/mol. The Morgan fingerprint density at radius 2 is 1.85 bits per heavy atom. The normalized spacial score (nSPS) is 15.3. The van der Waals surface area contributed by atoms with Crippen LogP contribution in [0, 0.1) is 6.92 Å². The van der Waals surface area contributed by atoms with Gasteiger partial charge in [0.25, 0.3) is 11.8 Å². The molecule has 1 N–H and O–H groups in total. The van der Waals surface area contributed by atoms with E-state index in [9.17, 15) is 18.0 Å². The number of para-hydroxylation sites is 2. The van der Waals surface area contributed by atoms with Crippen molar-refractivity contribution in [2.45, 2.75) is 19.6 Å². The van der Waals surface area contributed by atoms with E-state index in [2.05, 4.69) is 10.3 Å². The van der Waals surface area contributed by atoms with Crippen LogP contribution in [0.2, 0.25) is 0 Å². The lowest BCUT2D eigenvalue weighted by Crippen LogP contribution is -2.50. The van der Waals surface area contributed by atoms with Gasteiger partial charge in [-0.3, -0.25) is 14.5 Å². The van der Waals surface area contributed by atoms with E-state index in [-0.39, 0.29) is 23.5 Å². The second kappa shape index (κ2) is 9.43. The molecule has 3 aromatic rings. The molecule has 4 rings (SSSR count). The molecule has 34 heavy (non-hydrogen) atoms. The Kier molecular flexibility index (Phi) is 6.58. The average Bonchev–Trinajstić information content (AvgIpc) is 3.22. The number of ether oxygens (including phenoxy) is 1. The number of aromatic nitrogens is 1. The summed E-state index contributed by atoms with van der Waals surface area (Å²) in [6.07, 6.45) is 0.163. The Bertz CT molecular complexity index is 1320. The Hall–Kier alpha value is -3.44. The number of aryl methyl sites for hydroxylation is 1. The molecule has 9 nitrogen and oxygen atoms in total. The molecule has 0 fully saturated rings. The highest BCUT2D eigenvalue weighted by atomic mass is 32.2. The van der Waals surface area contributed by atoms with E-state index in [1.165, 1.54) is 11.9 Å². The highest BCUT2D eigenvalue weighted by Gasteiger charge is 2.35. The third-order valence-corrected chi connectivity index (χ3v) is 7.87. The molecule has 0 radical (unpaired) electrons. The third-order valence-electron chi connectivity index (χ3n) is 5.37. The van der Waals surface area contributed by atoms with Crippen LogP contribution in [0.4, 0.5) is 10.8 Å². The minimum atomic E-state index is -3.52. The fourth-order valence-electron chi connectivity index (χ4n) is 3.44. The van der Waals surface area contributed by atoms with Gasteiger partial charge < -0.3 is 10.1 Å². The van der Waals surface area contributed by atoms with Crippen LogP contribution in [0.25, 0.3) is 0 Å². The summed E-state index contributed by atoms with van der Waals surface area (Å²) in [4.78, 5) is 32.5. The van der Waals surface area contributed by atoms with E-state index in [0.29, 0.717) is 28.6 Å². The van der Waals surface area contributed by atoms with E-state index in [0.717, 1.165) is 27.5 Å². The summed E-state index contributed by atoms with van der Waals surface area (Å²) in [5, 5.41) is 3.06. The first kappa shape index (κ1) is 23.7. The van der Waals surface area contributed by atoms with Gasteiger partial charge in [0.1, 0.15) is 10.6 Å². The number of benzene rings is 2. The van der Waals surface area contributed by atoms with Crippen molar-refractivity contribution in [1.29, 1.82) is 0 Å². The first-order chi connectivity index (χ1) is 16.1. The van der Waals surface area contributed by atoms with Crippen LogP contribution >= 0.6 is 11.3 Å². The molecule has 2 amide bonds. The SMILES string of the molecule is Cc1nc(N(C)S(C)(=O)=O)sc1C(=O)N1C[C@@H](C(=O)NCc2ccccc2)Oc2ccccc21. The number of amides is 2. The summed E-state index contributed by atoms with van der Waals surface area (Å²) in [6.45, 7) is 2.00. The molecule has 0 unspecified atom stereocenters. The molecule has 1 atom stereocenters. The highest BCUT2D eigenvalue weighted by molar-refractivity contribution is 7.92. The predicted octanol–water partition coefficient (Wildman–Crippen LogP) is 2.57. The number of rotatable bonds is 6. The van der Waals surface area contributed by atoms with E-state index in [4.69, 9.17) is 4.74 Å². The Morgan fingerprint density at radius 3 is 2.56 bits per heavy atom. The van der Waals surface area contributed by atoms with Crippen LogP contribution < -0.4 is 19.3 Å². The molecule has 1 aliphatic heterocycles. The van der Waals surface area contributed by atoms with Crippen molar-refractivity contribution in [2.24, 2.45) is 0 Å². The van der Waals surface area contributed by atoms with Gasteiger partial charge in [0.15, 0.2) is 11.2 Å². The number of sulfonamides is 1. The zero-order chi connectivity index (χ0) is 24.5. The standard InChI is InChI=1S/C23H24N4O5S2/c1-15-20(33-23(25-15)26(2)34(3,30)31)22(29)27-14-19(32-18-12-8-7-11-17(18)27)21(28)24-13-16-9-5-4-6-10-16/h4-12,19H,13-14H2,1-3H3,(H,24,28)/t19-/m0/s1. The van der Waals surface area contributed by atoms with Crippen LogP contribution in [-0.4, -0.2) is 51.2 Å². The summed E-state index contributed by atoms with van der Waals surface area (Å²) in [6, 6.07) is 16.5. The summed E-state index contributed by atoms with van der Waals surface area (Å²) < 4.78 is 30.8. The molecule has 1 aliphatic rings. The van der Waals surface area contributed by atoms with Crippen molar-refractivity contribution in [3.8, 4) is 5.75 Å². The number of fused-ring (bicyclic) bond motifs is 1. The van der Waals surface area contributed by atoms with Crippen molar-refractivity contribution in [3.63, 3.8) is 0 Å². The van der Waals surface area contributed by atoms with Crippen molar-refractivity contribution in [2.75, 3.05) is 29.1 Å². The Morgan fingerprint density at radius 1 is 1.18 bits per heavy atom. The van der Waals surface area contributed by atoms with E-state index in [1.807, 2.05) is 30.3 Å². The topological polar surface area (TPSA) is 109 Å². The quantitative estimate of drug-likeness (QED) is 0.557. The second-order valence-corrected chi connectivity index (χ2v) is 10.8. The molecule has 11 heteroatoms. The fraction of sp³-hybridized carbons (Fsp3) is 0.261. The number of nitrogens with zero attached hydrogens (tertiary/aromatic N) is 3. The number of hydrogen-bond donors (Lipinski definition) is 1. The van der Waals surface area contributed by atoms with Crippen LogP contribution in [0.1, 0.15) is 20.9 Å². The van der Waals surface area contributed by atoms with Crippen LogP contribution in [0.15, 0.2) is 54.6 Å². The lowest BCUT2D eigenvalue weighted by Gasteiger charge is -2.34. The van der Waals surface area contributed by atoms with Gasteiger partial charge in [-0.05, 0) is 24.6 Å². The Labute approximate surface area is 202 Å². The number of nitrogens with one attached hydrogen (secondary N) is 1. The molecule has 0 saturated carbocycles. The van der Waals surface area contributed by atoms with Crippen LogP contribution in [-0.2, 0) is 21.4 Å². The van der Waals surface area contributed by atoms with Crippen LogP contribution in [0.3, 0.4) is 0 Å². The van der Waals surface area contributed by atoms with E-state index >= 15 is 0 Å². The van der Waals surface area contributed by atoms with Gasteiger partial charge in [-0.1, -0.05) is 53.8 Å². The maximum absolute atomic E-state index is 13.6. The number of carbonyl (C=O) groups excluding carboxylic acids is 2. The Balaban J connectivity index is 1.59. The highest BCUT2D eigenvalue weighted by Crippen LogP contribution is 2.36. The van der Waals surface area contributed by atoms with Crippen molar-refractivity contribution in [3.05, 3.63) is 70.7 Å². The summed E-state index contributed by atoms with van der Waals surface area (Å²) in [7, 11) is -2.14. The van der Waals surface area contributed by atoms with Gasteiger partial charge in [0.05, 0.1) is 24.2 Å². The first-order valence-electron chi connectivity index (χ1n) is 10.5. The average molecular weight is 501 g/mol. The van der Waals surface area contributed by atoms with Crippen LogP contribution in [0.5, 0.6) is 5.75 Å². The van der Waals surface area contributed by atoms with Crippen molar-refractivity contribution < 1.29 is 22.7 Å². The molecule has 2 aromatic carbocycles. The van der Waals surface area contributed by atoms with Gasteiger partial charge in [-0.15, -0.1) is 0 Å². The maximum Gasteiger partial charge on any atom is 0.270 e. The largest absolute Gasteiger partial charge is 0.477 e. The smallest absolute Gasteiger partial charge is 0.270 e. The monoisotopic (exact) mass is 500 g/mol. The number of anilines is 2. The molecule has 1 aromatic heterocycles. The maximum atomic E-state index is 13.6. The first-order valence-corrected chi connectivity index (χ1v) is 13.1. The van der Waals surface area contributed by atoms with Gasteiger partial charge in [0.2, 0.25) is 10.0 Å². The summed E-state index contributed by atoms with van der Waals surface area (Å²) in [5.74, 6) is -0.299. The summed E-state index contributed by atoms with van der Waals surface area (Å²) in [5.41, 5.74) is 1.89. The van der Waals surface area contributed by atoms with Gasteiger partial charge in [-0.2, -0.15) is 0 Å². The van der Waals surface area contributed by atoms with Gasteiger partial charge >= 0.3 is 0 Å². The van der Waals surface area contributed by atoms with Crippen molar-refractivity contribution in [1.82, 2.24) is 10.3 Å². The lowest BCUT2D eigenvalue weighted by molar-refractivity contribution is -0.127. The number of thiazole rings is 1. The predicted molar refractivity (Wildman–Crippen MR) is 131 cm³/mol. The molecule has 2 heterocycles. The molecular formula is C23H24N4O5S2. The van der Waals surface area contributed by atoms with E-state index in [1.54, 1.807) is 31.2 Å². The molecule has 0 spiro atoms. The molecule has 0 aliphatic carbocycles. The minimum Gasteiger partial charge on any atom is -0.477 e. The molecule has 0 saturated heterocycles. The summed E-state index contributed by atoms with van der Waals surface area (Å²) >= 11 is 0.991. The van der Waals surface area contributed by atoms with Gasteiger partial charge in [-0.25, -0.2) is 17.7 Å². The third kappa shape index (κ3) is 4.90. The number of hydrogen-bond acceptors (Lipinski definition) is 7. The number of carbonyl (C=O) groups is 2. The zero-order valence-electron chi connectivity index (χ0n) is 18.9. The zero-order valence-corrected chi connectivity index (χ0v) is 20.5. The molecule has 178 valence electrons. The minimum absolute atomic E-state index is 0.00502. The van der Waals surface area contributed by atoms with Crippen molar-refractivity contribution >= 4 is 44.0 Å².